The monoisotopic (exact) mass is 323 g/mol. The molecule has 1 rings (SSSR count). The molecule has 6 N–H and O–H groups in total. The summed E-state index contributed by atoms with van der Waals surface area (Å²) in [6.45, 7) is 0.320. The van der Waals surface area contributed by atoms with Crippen molar-refractivity contribution in [3.05, 3.63) is 0 Å². The molecular weight excluding hydrogens is 302 g/mol. The number of hydrogen-bond acceptors (Lipinski definition) is 9. The molecule has 10 nitrogen and oxygen atoms in total. The molecule has 0 aliphatic carbocycles. The van der Waals surface area contributed by atoms with E-state index in [9.17, 15) is 30.0 Å². The van der Waals surface area contributed by atoms with E-state index in [0.717, 1.165) is 14.0 Å². The number of hydrogen-bond donors (Lipinski definition) is 6. The van der Waals surface area contributed by atoms with Crippen LogP contribution in [0, 0.1) is 0 Å². The highest BCUT2D eigenvalue weighted by molar-refractivity contribution is 5.78. The summed E-state index contributed by atoms with van der Waals surface area (Å²) < 4.78 is 9.45. The van der Waals surface area contributed by atoms with Crippen molar-refractivity contribution in [2.45, 2.75) is 49.6 Å². The van der Waals surface area contributed by atoms with Crippen LogP contribution in [0.5, 0.6) is 0 Å². The predicted molar refractivity (Wildman–Crippen MR) is 69.2 cm³/mol. The first-order chi connectivity index (χ1) is 10.2. The quantitative estimate of drug-likeness (QED) is 0.278. The molecule has 0 aromatic heterocycles. The third-order valence-corrected chi connectivity index (χ3v) is 3.38. The van der Waals surface area contributed by atoms with Gasteiger partial charge in [0.2, 0.25) is 5.91 Å². The summed E-state index contributed by atoms with van der Waals surface area (Å²) in [5.41, 5.74) is 0. The molecule has 1 heterocycles. The molecule has 6 atom stereocenters. The van der Waals surface area contributed by atoms with Crippen LogP contribution in [-0.2, 0) is 19.1 Å². The van der Waals surface area contributed by atoms with E-state index in [0.29, 0.717) is 0 Å². The molecule has 128 valence electrons. The number of esters is 1. The Balaban J connectivity index is 3.09. The van der Waals surface area contributed by atoms with E-state index in [2.05, 4.69) is 10.1 Å². The first kappa shape index (κ1) is 18.7. The Morgan fingerprint density at radius 1 is 1.45 bits per heavy atom. The molecule has 1 unspecified atom stereocenters. The Morgan fingerprint density at radius 2 is 2.05 bits per heavy atom. The Bertz CT molecular complexity index is 417. The van der Waals surface area contributed by atoms with Gasteiger partial charge in [-0.15, -0.1) is 0 Å². The lowest BCUT2D eigenvalue weighted by molar-refractivity contribution is -0.296. The summed E-state index contributed by atoms with van der Waals surface area (Å²) in [6, 6.07) is -1.21. The number of carbonyl (C=O) groups is 2. The maximum absolute atomic E-state index is 11.6. The van der Waals surface area contributed by atoms with Gasteiger partial charge in [0.25, 0.3) is 5.79 Å². The summed E-state index contributed by atoms with van der Waals surface area (Å²) in [5.74, 6) is -4.32. The summed E-state index contributed by atoms with van der Waals surface area (Å²) in [5, 5.41) is 50.8. The number of aliphatic hydroxyl groups excluding tert-OH is 4. The van der Waals surface area contributed by atoms with Crippen molar-refractivity contribution >= 4 is 11.9 Å². The Kier molecular flexibility index (Phi) is 6.23. The number of ether oxygens (including phenoxy) is 2. The molecule has 0 aromatic rings. The zero-order valence-corrected chi connectivity index (χ0v) is 12.2. The third-order valence-electron chi connectivity index (χ3n) is 3.38. The minimum absolute atomic E-state index is 0.563. The van der Waals surface area contributed by atoms with Gasteiger partial charge in [-0.05, 0) is 0 Å². The van der Waals surface area contributed by atoms with Gasteiger partial charge >= 0.3 is 5.97 Å². The molecule has 0 bridgehead atoms. The van der Waals surface area contributed by atoms with Crippen molar-refractivity contribution in [2.75, 3.05) is 13.7 Å². The molecule has 0 aromatic carbocycles. The van der Waals surface area contributed by atoms with E-state index in [1.54, 1.807) is 0 Å². The zero-order chi connectivity index (χ0) is 17.1. The lowest BCUT2D eigenvalue weighted by Crippen LogP contribution is -2.67. The molecule has 22 heavy (non-hydrogen) atoms. The number of aliphatic hydroxyl groups is 5. The number of carbonyl (C=O) groups excluding carboxylic acids is 2. The van der Waals surface area contributed by atoms with Crippen molar-refractivity contribution in [3.8, 4) is 0 Å². The van der Waals surface area contributed by atoms with E-state index >= 15 is 0 Å². The fraction of sp³-hybridized carbons (Fsp3) is 0.833. The topological polar surface area (TPSA) is 166 Å². The van der Waals surface area contributed by atoms with E-state index in [1.165, 1.54) is 0 Å². The van der Waals surface area contributed by atoms with Gasteiger partial charge in [-0.1, -0.05) is 0 Å². The van der Waals surface area contributed by atoms with Crippen molar-refractivity contribution in [1.29, 1.82) is 0 Å². The average Bonchev–Trinajstić information content (AvgIpc) is 2.46. The molecule has 0 spiro atoms. The second-order valence-electron chi connectivity index (χ2n) is 5.10. The Labute approximate surface area is 126 Å². The summed E-state index contributed by atoms with van der Waals surface area (Å²) in [4.78, 5) is 22.8. The first-order valence-electron chi connectivity index (χ1n) is 6.57. The SMILES string of the molecule is COC(=O)[C@]1(O)C[C@H](O)[C@H](NC(C)=O)C([C@H](O)[C@@H](O)CO)O1. The van der Waals surface area contributed by atoms with Crippen LogP contribution in [0.15, 0.2) is 0 Å². The molecule has 1 amide bonds. The lowest BCUT2D eigenvalue weighted by atomic mass is 9.88. The van der Waals surface area contributed by atoms with Crippen LogP contribution in [0.4, 0.5) is 0 Å². The van der Waals surface area contributed by atoms with Gasteiger partial charge < -0.3 is 40.3 Å². The minimum Gasteiger partial charge on any atom is -0.465 e. The average molecular weight is 323 g/mol. The highest BCUT2D eigenvalue weighted by Crippen LogP contribution is 2.31. The van der Waals surface area contributed by atoms with Crippen LogP contribution in [0.2, 0.25) is 0 Å². The molecular formula is C12H21NO9. The molecule has 1 aliphatic heterocycles. The van der Waals surface area contributed by atoms with Crippen molar-refractivity contribution in [2.24, 2.45) is 0 Å². The summed E-state index contributed by atoms with van der Waals surface area (Å²) in [7, 11) is 0.990. The second-order valence-corrected chi connectivity index (χ2v) is 5.10. The number of rotatable bonds is 5. The minimum atomic E-state index is -2.55. The molecule has 0 saturated carbocycles. The fourth-order valence-corrected chi connectivity index (χ4v) is 2.29. The highest BCUT2D eigenvalue weighted by atomic mass is 16.7. The van der Waals surface area contributed by atoms with Gasteiger partial charge in [0.15, 0.2) is 0 Å². The largest absolute Gasteiger partial charge is 0.465 e. The molecule has 0 radical (unpaired) electrons. The van der Waals surface area contributed by atoms with Crippen LogP contribution in [0.25, 0.3) is 0 Å². The lowest BCUT2D eigenvalue weighted by Gasteiger charge is -2.45. The van der Waals surface area contributed by atoms with Gasteiger partial charge in [-0.2, -0.15) is 0 Å². The zero-order valence-electron chi connectivity index (χ0n) is 12.2. The molecule has 10 heteroatoms. The maximum Gasteiger partial charge on any atom is 0.366 e. The van der Waals surface area contributed by atoms with Crippen LogP contribution >= 0.6 is 0 Å². The number of nitrogens with one attached hydrogen (secondary N) is 1. The normalized spacial score (nSPS) is 34.6. The van der Waals surface area contributed by atoms with Gasteiger partial charge in [0, 0.05) is 13.3 Å². The van der Waals surface area contributed by atoms with Crippen molar-refractivity contribution in [1.82, 2.24) is 5.32 Å². The van der Waals surface area contributed by atoms with Gasteiger partial charge in [-0.3, -0.25) is 4.79 Å². The van der Waals surface area contributed by atoms with E-state index in [4.69, 9.17) is 9.84 Å². The number of methoxy groups -OCH3 is 1. The fourth-order valence-electron chi connectivity index (χ4n) is 2.29. The summed E-state index contributed by atoms with van der Waals surface area (Å²) >= 11 is 0. The standard InChI is InChI=1S/C12H21NO9/c1-5(15)13-8-6(16)3-12(20,11(19)21-2)22-10(8)9(18)7(17)4-14/h6-10,14,16-18,20H,3-4H2,1-2H3,(H,13,15)/t6-,7-,8-,9+,10?,12-/m0/s1. The maximum atomic E-state index is 11.6. The van der Waals surface area contributed by atoms with E-state index in [1.807, 2.05) is 0 Å². The van der Waals surface area contributed by atoms with Gasteiger partial charge in [0.05, 0.1) is 25.9 Å². The van der Waals surface area contributed by atoms with E-state index in [-0.39, 0.29) is 0 Å². The Hall–Kier alpha value is -1.30. The smallest absolute Gasteiger partial charge is 0.366 e. The van der Waals surface area contributed by atoms with Crippen LogP contribution in [0.3, 0.4) is 0 Å². The molecule has 1 fully saturated rings. The van der Waals surface area contributed by atoms with Crippen molar-refractivity contribution in [3.63, 3.8) is 0 Å². The van der Waals surface area contributed by atoms with Gasteiger partial charge in [-0.25, -0.2) is 4.79 Å². The Morgan fingerprint density at radius 3 is 2.50 bits per heavy atom. The van der Waals surface area contributed by atoms with Gasteiger partial charge in [0.1, 0.15) is 18.3 Å². The molecule has 1 saturated heterocycles. The number of amides is 1. The first-order valence-corrected chi connectivity index (χ1v) is 6.57. The van der Waals surface area contributed by atoms with Crippen LogP contribution in [0.1, 0.15) is 13.3 Å². The molecule has 1 aliphatic rings. The van der Waals surface area contributed by atoms with Crippen LogP contribution < -0.4 is 5.32 Å². The van der Waals surface area contributed by atoms with E-state index < -0.39 is 61.1 Å². The summed E-state index contributed by atoms with van der Waals surface area (Å²) in [6.07, 6.45) is -7.09. The predicted octanol–water partition coefficient (Wildman–Crippen LogP) is -3.78. The third kappa shape index (κ3) is 3.91. The highest BCUT2D eigenvalue weighted by Gasteiger charge is 2.54. The van der Waals surface area contributed by atoms with Crippen molar-refractivity contribution < 1.29 is 44.6 Å². The second kappa shape index (κ2) is 7.31. The van der Waals surface area contributed by atoms with Crippen LogP contribution in [-0.4, -0.2) is 87.4 Å².